The van der Waals surface area contributed by atoms with E-state index in [1.165, 1.54) is 15.6 Å². The minimum atomic E-state index is -2.15. The molecule has 0 saturated heterocycles. The zero-order valence-corrected chi connectivity index (χ0v) is 15.1. The number of rotatable bonds is 3. The van der Waals surface area contributed by atoms with E-state index in [4.69, 9.17) is 0 Å². The van der Waals surface area contributed by atoms with Crippen LogP contribution in [0.15, 0.2) is 84.9 Å². The van der Waals surface area contributed by atoms with Crippen LogP contribution in [-0.4, -0.2) is 8.07 Å². The van der Waals surface area contributed by atoms with Gasteiger partial charge in [-0.3, -0.25) is 0 Å². The van der Waals surface area contributed by atoms with E-state index in [1.54, 1.807) is 0 Å². The lowest BCUT2D eigenvalue weighted by molar-refractivity contribution is 0.739. The second-order valence-corrected chi connectivity index (χ2v) is 11.8. The highest BCUT2D eigenvalue weighted by atomic mass is 28.3. The van der Waals surface area contributed by atoms with Crippen LogP contribution in [0.25, 0.3) is 0 Å². The normalized spacial score (nSPS) is 12.1. The van der Waals surface area contributed by atoms with Crippen molar-refractivity contribution in [3.8, 4) is 0 Å². The molecule has 0 fully saturated rings. The predicted octanol–water partition coefficient (Wildman–Crippen LogP) is 3.76. The third-order valence-corrected chi connectivity index (χ3v) is 10.5. The molecule has 0 aliphatic rings. The molecule has 0 bridgehead atoms. The molecule has 0 saturated carbocycles. The molecule has 0 aliphatic heterocycles. The van der Waals surface area contributed by atoms with E-state index in [-0.39, 0.29) is 5.04 Å². The first kappa shape index (κ1) is 15.8. The van der Waals surface area contributed by atoms with Gasteiger partial charge in [0.25, 0.3) is 0 Å². The van der Waals surface area contributed by atoms with Gasteiger partial charge in [-0.15, -0.1) is 0 Å². The topological polar surface area (TPSA) is 0 Å². The molecule has 1 heteroatoms. The van der Waals surface area contributed by atoms with Gasteiger partial charge in [0.2, 0.25) is 0 Å². The van der Waals surface area contributed by atoms with Gasteiger partial charge < -0.3 is 0 Å². The smallest absolute Gasteiger partial charge is 0.0624 e. The molecule has 0 nitrogen and oxygen atoms in total. The number of hydrogen-bond acceptors (Lipinski definition) is 0. The van der Waals surface area contributed by atoms with Crippen molar-refractivity contribution in [2.24, 2.45) is 0 Å². The van der Waals surface area contributed by atoms with Gasteiger partial charge in [-0.2, -0.15) is 0 Å². The van der Waals surface area contributed by atoms with Gasteiger partial charge in [0.1, 0.15) is 0 Å². The second kappa shape index (κ2) is 6.17. The summed E-state index contributed by atoms with van der Waals surface area (Å²) in [5.74, 6) is 0. The van der Waals surface area contributed by atoms with Crippen LogP contribution in [-0.2, 0) is 0 Å². The van der Waals surface area contributed by atoms with Crippen LogP contribution in [0.5, 0.6) is 0 Å². The van der Waals surface area contributed by atoms with Crippen LogP contribution in [0.3, 0.4) is 0 Å². The van der Waals surface area contributed by atoms with Gasteiger partial charge in [-0.05, 0) is 26.7 Å². The summed E-state index contributed by atoms with van der Waals surface area (Å²) in [6.45, 7) is 7.15. The van der Waals surface area contributed by atoms with E-state index in [2.05, 4.69) is 112 Å². The first-order chi connectivity index (χ1) is 11.1. The van der Waals surface area contributed by atoms with Gasteiger partial charge in [-0.25, -0.2) is 0 Å². The molecule has 0 heterocycles. The van der Waals surface area contributed by atoms with Crippen LogP contribution in [0.2, 0.25) is 5.04 Å². The Labute approximate surface area is 140 Å². The van der Waals surface area contributed by atoms with Crippen LogP contribution >= 0.6 is 0 Å². The molecule has 0 unspecified atom stereocenters. The standard InChI is InChI=1S/C22H23Si/c1-22(2,3)23(19-13-7-4-8-14-19,20-15-9-5-10-16-20)21-17-11-6-12-18-21/h4-5,7-18H,1-3H3. The molecule has 23 heavy (non-hydrogen) atoms. The summed E-state index contributed by atoms with van der Waals surface area (Å²) in [4.78, 5) is 0. The number of benzene rings is 3. The minimum absolute atomic E-state index is 0.150. The molecule has 0 amide bonds. The summed E-state index contributed by atoms with van der Waals surface area (Å²) < 4.78 is 0. The second-order valence-electron chi connectivity index (χ2n) is 7.02. The molecular weight excluding hydrogens is 292 g/mol. The lowest BCUT2D eigenvalue weighted by Crippen LogP contribution is -2.72. The Morgan fingerprint density at radius 2 is 1.00 bits per heavy atom. The molecule has 3 rings (SSSR count). The van der Waals surface area contributed by atoms with E-state index in [9.17, 15) is 0 Å². The third-order valence-electron chi connectivity index (χ3n) is 4.69. The zero-order chi connectivity index (χ0) is 16.3. The van der Waals surface area contributed by atoms with Crippen LogP contribution in [0.1, 0.15) is 20.8 Å². The summed E-state index contributed by atoms with van der Waals surface area (Å²) in [6.07, 6.45) is 0. The maximum absolute atomic E-state index is 3.18. The van der Waals surface area contributed by atoms with Gasteiger partial charge in [-0.1, -0.05) is 106 Å². The van der Waals surface area contributed by atoms with Crippen LogP contribution < -0.4 is 15.6 Å². The average Bonchev–Trinajstić information content (AvgIpc) is 2.57. The van der Waals surface area contributed by atoms with E-state index < -0.39 is 8.07 Å². The Kier molecular flexibility index (Phi) is 4.23. The van der Waals surface area contributed by atoms with E-state index >= 15 is 0 Å². The lowest BCUT2D eigenvalue weighted by Gasteiger charge is -2.44. The highest BCUT2D eigenvalue weighted by molar-refractivity contribution is 7.13. The SMILES string of the molecule is CC(C)(C)[Si](c1cc[c]cc1)(c1ccccc1)c1ccccc1. The Hall–Kier alpha value is -2.12. The van der Waals surface area contributed by atoms with Gasteiger partial charge in [0, 0.05) is 0 Å². The zero-order valence-electron chi connectivity index (χ0n) is 14.1. The first-order valence-corrected chi connectivity index (χ1v) is 10.1. The van der Waals surface area contributed by atoms with E-state index in [1.807, 2.05) is 0 Å². The monoisotopic (exact) mass is 315 g/mol. The van der Waals surface area contributed by atoms with Crippen LogP contribution in [0.4, 0.5) is 0 Å². The van der Waals surface area contributed by atoms with Gasteiger partial charge in [0.15, 0.2) is 8.07 Å². The fourth-order valence-corrected chi connectivity index (χ4v) is 9.46. The molecule has 0 atom stereocenters. The molecule has 0 aromatic heterocycles. The maximum Gasteiger partial charge on any atom is 0.153 e. The van der Waals surface area contributed by atoms with Crippen LogP contribution in [0, 0.1) is 6.07 Å². The fourth-order valence-electron chi connectivity index (χ4n) is 3.81. The van der Waals surface area contributed by atoms with Crippen molar-refractivity contribution in [1.82, 2.24) is 0 Å². The van der Waals surface area contributed by atoms with Crippen molar-refractivity contribution in [2.45, 2.75) is 25.8 Å². The summed E-state index contributed by atoms with van der Waals surface area (Å²) in [5.41, 5.74) is 0. The minimum Gasteiger partial charge on any atom is -0.0624 e. The van der Waals surface area contributed by atoms with E-state index in [0.717, 1.165) is 0 Å². The van der Waals surface area contributed by atoms with Gasteiger partial charge in [0.05, 0.1) is 0 Å². The highest BCUT2D eigenvalue weighted by Gasteiger charge is 2.48. The fraction of sp³-hybridized carbons (Fsp3) is 0.182. The Bertz CT molecular complexity index is 644. The number of hydrogen-bond donors (Lipinski definition) is 0. The molecule has 0 spiro atoms. The predicted molar refractivity (Wildman–Crippen MR) is 103 cm³/mol. The highest BCUT2D eigenvalue weighted by Crippen LogP contribution is 2.35. The third kappa shape index (κ3) is 2.66. The summed E-state index contributed by atoms with van der Waals surface area (Å²) in [7, 11) is -2.15. The molecule has 3 aromatic rings. The average molecular weight is 316 g/mol. The molecule has 115 valence electrons. The molecular formula is C22H23Si. The summed E-state index contributed by atoms with van der Waals surface area (Å²) in [6, 6.07) is 33.9. The summed E-state index contributed by atoms with van der Waals surface area (Å²) >= 11 is 0. The van der Waals surface area contributed by atoms with Crippen molar-refractivity contribution in [3.63, 3.8) is 0 Å². The van der Waals surface area contributed by atoms with Crippen molar-refractivity contribution in [1.29, 1.82) is 0 Å². The Morgan fingerprint density at radius 1 is 0.609 bits per heavy atom. The Balaban J connectivity index is 2.41. The largest absolute Gasteiger partial charge is 0.153 e. The van der Waals surface area contributed by atoms with Crippen molar-refractivity contribution < 1.29 is 0 Å². The maximum atomic E-state index is 3.18. The van der Waals surface area contributed by atoms with E-state index in [0.29, 0.717) is 0 Å². The van der Waals surface area contributed by atoms with Gasteiger partial charge >= 0.3 is 0 Å². The molecule has 3 aromatic carbocycles. The summed E-state index contributed by atoms with van der Waals surface area (Å²) in [5, 5.41) is 4.52. The Morgan fingerprint density at radius 3 is 1.39 bits per heavy atom. The molecule has 0 N–H and O–H groups in total. The van der Waals surface area contributed by atoms with Crippen molar-refractivity contribution >= 4 is 23.6 Å². The van der Waals surface area contributed by atoms with Crippen molar-refractivity contribution in [3.05, 3.63) is 91.0 Å². The lowest BCUT2D eigenvalue weighted by atomic mass is 10.2. The first-order valence-electron chi connectivity index (χ1n) is 8.14. The quantitative estimate of drug-likeness (QED) is 0.510. The van der Waals surface area contributed by atoms with Crippen molar-refractivity contribution in [2.75, 3.05) is 0 Å². The molecule has 0 aliphatic carbocycles. The molecule has 1 radical (unpaired) electrons.